The molecule has 1 N–H and O–H groups in total. The summed E-state index contributed by atoms with van der Waals surface area (Å²) >= 11 is 0. The zero-order chi connectivity index (χ0) is 15.7. The lowest BCUT2D eigenvalue weighted by Crippen LogP contribution is -2.51. The molecule has 1 aliphatic rings. The van der Waals surface area contributed by atoms with Gasteiger partial charge in [-0.05, 0) is 25.7 Å². The number of rotatable bonds is 5. The minimum Gasteiger partial charge on any atom is -0.384 e. The summed E-state index contributed by atoms with van der Waals surface area (Å²) in [5.41, 5.74) is -3.54. The lowest BCUT2D eigenvalue weighted by Gasteiger charge is -2.43. The van der Waals surface area contributed by atoms with Crippen molar-refractivity contribution < 1.29 is 35.6 Å². The predicted octanol–water partition coefficient (Wildman–Crippen LogP) is 1.46. The minimum absolute atomic E-state index is 0.0215. The SMILES string of the molecule is COCC1(COS(C)(=O)=O)CCC(O)(C(F)(F)F)CC1. The highest BCUT2D eigenvalue weighted by Crippen LogP contribution is 2.48. The molecule has 0 spiro atoms. The van der Waals surface area contributed by atoms with Crippen LogP contribution in [0.5, 0.6) is 0 Å². The van der Waals surface area contributed by atoms with Crippen LogP contribution in [0.15, 0.2) is 0 Å². The van der Waals surface area contributed by atoms with Gasteiger partial charge in [0.2, 0.25) is 0 Å². The number of hydrogen-bond donors (Lipinski definition) is 1. The van der Waals surface area contributed by atoms with E-state index in [9.17, 15) is 26.7 Å². The Morgan fingerprint density at radius 3 is 2.00 bits per heavy atom. The van der Waals surface area contributed by atoms with E-state index in [0.717, 1.165) is 6.26 Å². The predicted molar refractivity (Wildman–Crippen MR) is 64.6 cm³/mol. The first-order valence-electron chi connectivity index (χ1n) is 6.06. The fourth-order valence-corrected chi connectivity index (χ4v) is 2.81. The van der Waals surface area contributed by atoms with Crippen LogP contribution in [-0.2, 0) is 19.0 Å². The van der Waals surface area contributed by atoms with Crippen molar-refractivity contribution in [3.8, 4) is 0 Å². The third-order valence-electron chi connectivity index (χ3n) is 3.70. The number of methoxy groups -OCH3 is 1. The van der Waals surface area contributed by atoms with Crippen molar-refractivity contribution >= 4 is 10.1 Å². The Kier molecular flexibility index (Phi) is 5.11. The maximum absolute atomic E-state index is 12.7. The van der Waals surface area contributed by atoms with Crippen LogP contribution in [-0.4, -0.2) is 51.9 Å². The van der Waals surface area contributed by atoms with Crippen molar-refractivity contribution in [2.75, 3.05) is 26.6 Å². The molecular formula is C11H19F3O5S. The zero-order valence-electron chi connectivity index (χ0n) is 11.4. The van der Waals surface area contributed by atoms with Crippen LogP contribution in [0.2, 0.25) is 0 Å². The van der Waals surface area contributed by atoms with Crippen LogP contribution in [0.3, 0.4) is 0 Å². The van der Waals surface area contributed by atoms with Crippen LogP contribution < -0.4 is 0 Å². The van der Waals surface area contributed by atoms with Gasteiger partial charge < -0.3 is 9.84 Å². The van der Waals surface area contributed by atoms with Gasteiger partial charge in [0, 0.05) is 12.5 Å². The molecule has 1 fully saturated rings. The molecule has 1 rings (SSSR count). The summed E-state index contributed by atoms with van der Waals surface area (Å²) in [6.07, 6.45) is -4.84. The van der Waals surface area contributed by atoms with Crippen molar-refractivity contribution in [2.24, 2.45) is 5.41 Å². The van der Waals surface area contributed by atoms with Crippen LogP contribution in [0.1, 0.15) is 25.7 Å². The van der Waals surface area contributed by atoms with Crippen LogP contribution in [0.4, 0.5) is 13.2 Å². The van der Waals surface area contributed by atoms with Crippen molar-refractivity contribution in [1.29, 1.82) is 0 Å². The first kappa shape index (κ1) is 17.7. The average molecular weight is 320 g/mol. The van der Waals surface area contributed by atoms with E-state index in [0.29, 0.717) is 0 Å². The Morgan fingerprint density at radius 2 is 1.65 bits per heavy atom. The van der Waals surface area contributed by atoms with Gasteiger partial charge in [-0.2, -0.15) is 21.6 Å². The van der Waals surface area contributed by atoms with Crippen molar-refractivity contribution in [2.45, 2.75) is 37.5 Å². The highest BCUT2D eigenvalue weighted by atomic mass is 32.2. The molecule has 0 heterocycles. The highest BCUT2D eigenvalue weighted by Gasteiger charge is 2.57. The Balaban J connectivity index is 2.77. The quantitative estimate of drug-likeness (QED) is 0.777. The lowest BCUT2D eigenvalue weighted by molar-refractivity contribution is -0.277. The number of aliphatic hydroxyl groups is 1. The molecule has 5 nitrogen and oxygen atoms in total. The first-order valence-corrected chi connectivity index (χ1v) is 7.87. The van der Waals surface area contributed by atoms with E-state index in [1.54, 1.807) is 0 Å². The van der Waals surface area contributed by atoms with Crippen molar-refractivity contribution in [3.05, 3.63) is 0 Å². The second-order valence-electron chi connectivity index (χ2n) is 5.43. The van der Waals surface area contributed by atoms with E-state index in [4.69, 9.17) is 8.92 Å². The second-order valence-corrected chi connectivity index (χ2v) is 7.07. The van der Waals surface area contributed by atoms with Gasteiger partial charge in [-0.1, -0.05) is 0 Å². The maximum Gasteiger partial charge on any atom is 0.417 e. The van der Waals surface area contributed by atoms with Crippen LogP contribution in [0.25, 0.3) is 0 Å². The highest BCUT2D eigenvalue weighted by molar-refractivity contribution is 7.85. The molecular weight excluding hydrogens is 301 g/mol. The fourth-order valence-electron chi connectivity index (χ4n) is 2.35. The standard InChI is InChI=1S/C11H19F3O5S/c1-18-7-9(8-19-20(2,16)17)3-5-10(15,6-4-9)11(12,13)14/h15H,3-8H2,1-2H3. The van der Waals surface area contributed by atoms with Gasteiger partial charge in [-0.3, -0.25) is 4.18 Å². The minimum atomic E-state index is -4.69. The molecule has 0 bridgehead atoms. The van der Waals surface area contributed by atoms with Gasteiger partial charge in [0.25, 0.3) is 10.1 Å². The maximum atomic E-state index is 12.7. The fraction of sp³-hybridized carbons (Fsp3) is 1.00. The molecule has 0 radical (unpaired) electrons. The van der Waals surface area contributed by atoms with Gasteiger partial charge in [0.15, 0.2) is 5.60 Å². The molecule has 0 amide bonds. The third-order valence-corrected chi connectivity index (χ3v) is 4.24. The smallest absolute Gasteiger partial charge is 0.384 e. The van der Waals surface area contributed by atoms with Crippen LogP contribution >= 0.6 is 0 Å². The van der Waals surface area contributed by atoms with Gasteiger partial charge in [-0.15, -0.1) is 0 Å². The van der Waals surface area contributed by atoms with Gasteiger partial charge in [0.05, 0.1) is 19.5 Å². The molecule has 0 aliphatic heterocycles. The Hall–Kier alpha value is -0.380. The number of alkyl halides is 3. The molecule has 0 saturated heterocycles. The van der Waals surface area contributed by atoms with Gasteiger partial charge in [-0.25, -0.2) is 0 Å². The van der Waals surface area contributed by atoms with Crippen molar-refractivity contribution in [1.82, 2.24) is 0 Å². The number of halogens is 3. The van der Waals surface area contributed by atoms with E-state index in [1.807, 2.05) is 0 Å². The molecule has 1 saturated carbocycles. The molecule has 9 heteroatoms. The summed E-state index contributed by atoms with van der Waals surface area (Å²) in [5, 5.41) is 9.61. The second kappa shape index (κ2) is 5.78. The Morgan fingerprint density at radius 1 is 1.15 bits per heavy atom. The average Bonchev–Trinajstić information content (AvgIpc) is 2.29. The molecule has 0 aromatic heterocycles. The summed E-state index contributed by atoms with van der Waals surface area (Å²) in [6, 6.07) is 0. The van der Waals surface area contributed by atoms with E-state index in [-0.39, 0.29) is 26.1 Å². The van der Waals surface area contributed by atoms with E-state index < -0.39 is 40.2 Å². The number of ether oxygens (including phenoxy) is 1. The Bertz CT molecular complexity index is 424. The summed E-state index contributed by atoms with van der Waals surface area (Å²) in [5.74, 6) is 0. The Labute approximate surface area is 116 Å². The molecule has 0 unspecified atom stereocenters. The van der Waals surface area contributed by atoms with Crippen molar-refractivity contribution in [3.63, 3.8) is 0 Å². The van der Waals surface area contributed by atoms with Gasteiger partial charge in [0.1, 0.15) is 0 Å². The number of hydrogen-bond acceptors (Lipinski definition) is 5. The zero-order valence-corrected chi connectivity index (χ0v) is 12.2. The third kappa shape index (κ3) is 4.31. The van der Waals surface area contributed by atoms with E-state index >= 15 is 0 Å². The molecule has 1 aliphatic carbocycles. The van der Waals surface area contributed by atoms with Gasteiger partial charge >= 0.3 is 6.18 Å². The molecule has 0 aromatic carbocycles. The largest absolute Gasteiger partial charge is 0.417 e. The summed E-state index contributed by atoms with van der Waals surface area (Å²) < 4.78 is 69.9. The van der Waals surface area contributed by atoms with E-state index in [2.05, 4.69) is 0 Å². The molecule has 0 aromatic rings. The summed E-state index contributed by atoms with van der Waals surface area (Å²) in [6.45, 7) is -0.163. The molecule has 0 atom stereocenters. The lowest BCUT2D eigenvalue weighted by atomic mass is 9.69. The van der Waals surface area contributed by atoms with E-state index in [1.165, 1.54) is 7.11 Å². The normalized spacial score (nSPS) is 32.3. The topological polar surface area (TPSA) is 72.8 Å². The summed E-state index contributed by atoms with van der Waals surface area (Å²) in [7, 11) is -2.30. The molecule has 20 heavy (non-hydrogen) atoms. The molecule has 120 valence electrons. The van der Waals surface area contributed by atoms with Crippen LogP contribution in [0, 0.1) is 5.41 Å². The first-order chi connectivity index (χ1) is 8.93. The summed E-state index contributed by atoms with van der Waals surface area (Å²) in [4.78, 5) is 0. The monoisotopic (exact) mass is 320 g/mol.